The van der Waals surface area contributed by atoms with E-state index < -0.39 is 24.1 Å². The van der Waals surface area contributed by atoms with Crippen molar-refractivity contribution in [2.45, 2.75) is 19.0 Å². The lowest BCUT2D eigenvalue weighted by Crippen LogP contribution is -2.30. The number of rotatable bonds is 5. The van der Waals surface area contributed by atoms with Gasteiger partial charge in [0.2, 0.25) is 0 Å². The van der Waals surface area contributed by atoms with Crippen LogP contribution < -0.4 is 10.6 Å². The SMILES string of the molecule is CCOC(=O)C(c1c[nH]c2ccc(NC(=O)Nc3ccc(Cl)cc3)cc12)C(F)(F)F. The fourth-order valence-corrected chi connectivity index (χ4v) is 3.07. The first-order valence-corrected chi connectivity index (χ1v) is 9.24. The van der Waals surface area contributed by atoms with Crippen LogP contribution >= 0.6 is 11.6 Å². The number of halogens is 4. The van der Waals surface area contributed by atoms with E-state index in [4.69, 9.17) is 11.6 Å². The maximum atomic E-state index is 13.6. The van der Waals surface area contributed by atoms with Gasteiger partial charge in [0.1, 0.15) is 0 Å². The summed E-state index contributed by atoms with van der Waals surface area (Å²) >= 11 is 5.79. The van der Waals surface area contributed by atoms with Gasteiger partial charge in [0, 0.05) is 39.1 Å². The lowest BCUT2D eigenvalue weighted by molar-refractivity contribution is -0.180. The number of anilines is 2. The molecule has 3 rings (SSSR count). The molecule has 30 heavy (non-hydrogen) atoms. The molecule has 10 heteroatoms. The van der Waals surface area contributed by atoms with Gasteiger partial charge in [-0.1, -0.05) is 11.6 Å². The van der Waals surface area contributed by atoms with Gasteiger partial charge in [-0.2, -0.15) is 13.2 Å². The molecule has 3 N–H and O–H groups in total. The average molecular weight is 440 g/mol. The number of H-pyrrole nitrogens is 1. The van der Waals surface area contributed by atoms with Crippen LogP contribution in [0.2, 0.25) is 5.02 Å². The monoisotopic (exact) mass is 439 g/mol. The molecule has 0 saturated heterocycles. The van der Waals surface area contributed by atoms with Gasteiger partial charge in [0.15, 0.2) is 5.92 Å². The van der Waals surface area contributed by atoms with Crippen molar-refractivity contribution in [2.24, 2.45) is 0 Å². The summed E-state index contributed by atoms with van der Waals surface area (Å²) in [6.45, 7) is 1.26. The number of nitrogens with one attached hydrogen (secondary N) is 3. The number of esters is 1. The molecule has 1 unspecified atom stereocenters. The number of aromatic amines is 1. The Morgan fingerprint density at radius 1 is 1.10 bits per heavy atom. The van der Waals surface area contributed by atoms with E-state index in [-0.39, 0.29) is 23.2 Å². The summed E-state index contributed by atoms with van der Waals surface area (Å²) in [4.78, 5) is 26.9. The number of carbonyl (C=O) groups is 2. The molecule has 1 heterocycles. The summed E-state index contributed by atoms with van der Waals surface area (Å²) < 4.78 is 45.3. The van der Waals surface area contributed by atoms with Gasteiger partial charge in [-0.15, -0.1) is 0 Å². The molecule has 1 aromatic heterocycles. The largest absolute Gasteiger partial charge is 0.465 e. The van der Waals surface area contributed by atoms with Gasteiger partial charge in [-0.25, -0.2) is 4.79 Å². The van der Waals surface area contributed by atoms with Crippen LogP contribution in [0.4, 0.5) is 29.3 Å². The van der Waals surface area contributed by atoms with E-state index in [0.29, 0.717) is 16.2 Å². The number of alkyl halides is 3. The van der Waals surface area contributed by atoms with Crippen LogP contribution in [-0.2, 0) is 9.53 Å². The summed E-state index contributed by atoms with van der Waals surface area (Å²) in [7, 11) is 0. The number of benzene rings is 2. The molecule has 0 aliphatic rings. The van der Waals surface area contributed by atoms with E-state index in [1.165, 1.54) is 25.1 Å². The van der Waals surface area contributed by atoms with Crippen molar-refractivity contribution in [3.8, 4) is 0 Å². The second-order valence-corrected chi connectivity index (χ2v) is 6.75. The fraction of sp³-hybridized carbons (Fsp3) is 0.200. The van der Waals surface area contributed by atoms with Gasteiger partial charge in [-0.05, 0) is 49.4 Å². The van der Waals surface area contributed by atoms with Crippen LogP contribution in [-0.4, -0.2) is 29.8 Å². The van der Waals surface area contributed by atoms with E-state index >= 15 is 0 Å². The second kappa shape index (κ2) is 8.66. The molecule has 0 spiro atoms. The molecule has 3 aromatic rings. The summed E-state index contributed by atoms with van der Waals surface area (Å²) in [6.07, 6.45) is -3.71. The number of aromatic nitrogens is 1. The molecule has 0 aliphatic heterocycles. The van der Waals surface area contributed by atoms with Crippen molar-refractivity contribution in [1.29, 1.82) is 0 Å². The van der Waals surface area contributed by atoms with Crippen LogP contribution in [0.5, 0.6) is 0 Å². The van der Waals surface area contributed by atoms with E-state index in [0.717, 1.165) is 6.20 Å². The summed E-state index contributed by atoms with van der Waals surface area (Å²) in [6, 6.07) is 10.2. The number of hydrogen-bond acceptors (Lipinski definition) is 3. The number of amides is 2. The molecule has 6 nitrogen and oxygen atoms in total. The maximum absolute atomic E-state index is 13.6. The van der Waals surface area contributed by atoms with E-state index in [9.17, 15) is 22.8 Å². The highest BCUT2D eigenvalue weighted by molar-refractivity contribution is 6.30. The summed E-state index contributed by atoms with van der Waals surface area (Å²) in [5.74, 6) is -3.82. The number of hydrogen-bond donors (Lipinski definition) is 3. The first kappa shape index (κ1) is 21.5. The normalized spacial score (nSPS) is 12.4. The zero-order chi connectivity index (χ0) is 21.9. The zero-order valence-electron chi connectivity index (χ0n) is 15.6. The lowest BCUT2D eigenvalue weighted by atomic mass is 9.97. The Hall–Kier alpha value is -3.20. The predicted octanol–water partition coefficient (Wildman–Crippen LogP) is 5.67. The molecule has 158 valence electrons. The standard InChI is InChI=1S/C20H17ClF3N3O3/c1-2-30-18(28)17(20(22,23)24)15-10-25-16-8-7-13(9-14(15)16)27-19(29)26-12-5-3-11(21)4-6-12/h3-10,17,25H,2H2,1H3,(H2,26,27,29). The summed E-state index contributed by atoms with van der Waals surface area (Å²) in [5.41, 5.74) is 0.837. The first-order chi connectivity index (χ1) is 14.2. The molecule has 0 radical (unpaired) electrons. The van der Waals surface area contributed by atoms with Crippen molar-refractivity contribution in [3.05, 3.63) is 59.2 Å². The Balaban J connectivity index is 1.87. The highest BCUT2D eigenvalue weighted by Crippen LogP contribution is 2.39. The Labute approximate surface area is 174 Å². The van der Waals surface area contributed by atoms with Crippen LogP contribution in [0.15, 0.2) is 48.7 Å². The second-order valence-electron chi connectivity index (χ2n) is 6.32. The third-order valence-corrected chi connectivity index (χ3v) is 4.49. The highest BCUT2D eigenvalue weighted by atomic mass is 35.5. The van der Waals surface area contributed by atoms with Gasteiger partial charge >= 0.3 is 18.2 Å². The molecule has 2 amide bonds. The van der Waals surface area contributed by atoms with E-state index in [1.54, 1.807) is 24.3 Å². The van der Waals surface area contributed by atoms with Crippen molar-refractivity contribution in [3.63, 3.8) is 0 Å². The fourth-order valence-electron chi connectivity index (χ4n) is 2.95. The molecule has 2 aromatic carbocycles. The molecule has 0 aliphatic carbocycles. The third-order valence-electron chi connectivity index (χ3n) is 4.23. The quantitative estimate of drug-likeness (QED) is 0.447. The van der Waals surface area contributed by atoms with Gasteiger partial charge in [0.05, 0.1) is 6.61 Å². The first-order valence-electron chi connectivity index (χ1n) is 8.87. The van der Waals surface area contributed by atoms with E-state index in [2.05, 4.69) is 20.4 Å². The Morgan fingerprint density at radius 2 is 1.73 bits per heavy atom. The molecule has 0 fully saturated rings. The maximum Gasteiger partial charge on any atom is 0.406 e. The number of fused-ring (bicyclic) bond motifs is 1. The van der Waals surface area contributed by atoms with Crippen molar-refractivity contribution < 1.29 is 27.5 Å². The number of ether oxygens (including phenoxy) is 1. The molecular weight excluding hydrogens is 423 g/mol. The molecule has 0 bridgehead atoms. The van der Waals surface area contributed by atoms with Crippen molar-refractivity contribution >= 4 is 45.9 Å². The minimum Gasteiger partial charge on any atom is -0.465 e. The summed E-state index contributed by atoms with van der Waals surface area (Å²) in [5, 5.41) is 5.79. The highest BCUT2D eigenvalue weighted by Gasteiger charge is 2.48. The third kappa shape index (κ3) is 4.85. The van der Waals surface area contributed by atoms with Crippen LogP contribution in [0.3, 0.4) is 0 Å². The molecular formula is C20H17ClF3N3O3. The van der Waals surface area contributed by atoms with Crippen molar-refractivity contribution in [1.82, 2.24) is 4.98 Å². The zero-order valence-corrected chi connectivity index (χ0v) is 16.4. The topological polar surface area (TPSA) is 83.2 Å². The molecule has 1 atom stereocenters. The Kier molecular flexibility index (Phi) is 6.21. The average Bonchev–Trinajstić information content (AvgIpc) is 3.05. The van der Waals surface area contributed by atoms with Crippen molar-refractivity contribution in [2.75, 3.05) is 17.2 Å². The van der Waals surface area contributed by atoms with Crippen LogP contribution in [0.1, 0.15) is 18.4 Å². The lowest BCUT2D eigenvalue weighted by Gasteiger charge is -2.18. The van der Waals surface area contributed by atoms with Crippen LogP contribution in [0, 0.1) is 0 Å². The van der Waals surface area contributed by atoms with E-state index in [1.807, 2.05) is 0 Å². The van der Waals surface area contributed by atoms with Gasteiger partial charge < -0.3 is 20.4 Å². The van der Waals surface area contributed by atoms with Crippen LogP contribution in [0.25, 0.3) is 10.9 Å². The Morgan fingerprint density at radius 3 is 2.37 bits per heavy atom. The van der Waals surface area contributed by atoms with Gasteiger partial charge in [-0.3, -0.25) is 4.79 Å². The number of carbonyl (C=O) groups excluding carboxylic acids is 2. The Bertz CT molecular complexity index is 1060. The number of urea groups is 1. The minimum absolute atomic E-state index is 0.148. The minimum atomic E-state index is -4.84. The predicted molar refractivity (Wildman–Crippen MR) is 108 cm³/mol. The molecule has 0 saturated carbocycles. The van der Waals surface area contributed by atoms with Gasteiger partial charge in [0.25, 0.3) is 0 Å². The smallest absolute Gasteiger partial charge is 0.406 e.